The zero-order valence-electron chi connectivity index (χ0n) is 6.04. The molecule has 0 aliphatic rings. The largest absolute Gasteiger partial charge is 0.298 e. The number of H-pyrrole nitrogens is 1. The fraction of sp³-hybridized carbons (Fsp3) is 0. The third-order valence-electron chi connectivity index (χ3n) is 1.72. The Morgan fingerprint density at radius 2 is 2.33 bits per heavy atom. The van der Waals surface area contributed by atoms with Crippen LogP contribution in [0.5, 0.6) is 0 Å². The molecule has 0 atom stereocenters. The molecule has 0 spiro atoms. The minimum Gasteiger partial charge on any atom is -0.298 e. The molecule has 0 fully saturated rings. The fourth-order valence-corrected chi connectivity index (χ4v) is 1.33. The summed E-state index contributed by atoms with van der Waals surface area (Å²) in [7, 11) is 0. The number of carbonyl (C=O) groups is 1. The van der Waals surface area contributed by atoms with Gasteiger partial charge in [-0.2, -0.15) is 5.10 Å². The molecule has 2 aromatic rings. The van der Waals surface area contributed by atoms with Crippen LogP contribution in [0.1, 0.15) is 10.4 Å². The number of carbonyl (C=O) groups excluding carboxylic acids is 1. The molecule has 1 aromatic heterocycles. The van der Waals surface area contributed by atoms with E-state index in [9.17, 15) is 4.79 Å². The summed E-state index contributed by atoms with van der Waals surface area (Å²) in [6.07, 6.45) is 2.38. The molecule has 0 aliphatic heterocycles. The van der Waals surface area contributed by atoms with Crippen molar-refractivity contribution >= 4 is 28.8 Å². The number of nitrogens with one attached hydrogen (secondary N) is 1. The van der Waals surface area contributed by atoms with Gasteiger partial charge in [-0.05, 0) is 12.1 Å². The summed E-state index contributed by atoms with van der Waals surface area (Å²) < 4.78 is 0. The SMILES string of the molecule is O=Cc1ccc(Cl)c2cn[nH]c12. The Morgan fingerprint density at radius 1 is 1.50 bits per heavy atom. The van der Waals surface area contributed by atoms with Crippen molar-refractivity contribution in [2.24, 2.45) is 0 Å². The molecular weight excluding hydrogens is 176 g/mol. The van der Waals surface area contributed by atoms with E-state index in [1.54, 1.807) is 18.3 Å². The predicted octanol–water partition coefficient (Wildman–Crippen LogP) is 2.03. The van der Waals surface area contributed by atoms with E-state index in [-0.39, 0.29) is 0 Å². The molecule has 0 radical (unpaired) electrons. The number of hydrogen-bond donors (Lipinski definition) is 1. The average Bonchev–Trinajstić information content (AvgIpc) is 2.54. The standard InChI is InChI=1S/C8H5ClN2O/c9-7-2-1-5(4-12)8-6(7)3-10-11-8/h1-4H,(H,10,11). The first kappa shape index (κ1) is 7.31. The molecule has 60 valence electrons. The van der Waals surface area contributed by atoms with Crippen LogP contribution < -0.4 is 0 Å². The van der Waals surface area contributed by atoms with Crippen LogP contribution in [0.3, 0.4) is 0 Å². The molecule has 3 nitrogen and oxygen atoms in total. The molecule has 0 unspecified atom stereocenters. The second kappa shape index (κ2) is 2.60. The minimum atomic E-state index is 0.576. The number of fused-ring (bicyclic) bond motifs is 1. The molecule has 1 heterocycles. The highest BCUT2D eigenvalue weighted by Crippen LogP contribution is 2.23. The molecule has 0 amide bonds. The summed E-state index contributed by atoms with van der Waals surface area (Å²) in [5, 5.41) is 7.90. The maximum Gasteiger partial charge on any atom is 0.152 e. The van der Waals surface area contributed by atoms with Crippen molar-refractivity contribution < 1.29 is 4.79 Å². The third kappa shape index (κ3) is 0.905. The lowest BCUT2D eigenvalue weighted by Gasteiger charge is -1.94. The first-order valence-corrected chi connectivity index (χ1v) is 3.77. The topological polar surface area (TPSA) is 45.8 Å². The van der Waals surface area contributed by atoms with Crippen LogP contribution in [0.2, 0.25) is 5.02 Å². The van der Waals surface area contributed by atoms with Crippen molar-refractivity contribution in [2.45, 2.75) is 0 Å². The molecule has 0 saturated heterocycles. The van der Waals surface area contributed by atoms with E-state index in [0.717, 1.165) is 11.7 Å². The average molecular weight is 181 g/mol. The van der Waals surface area contributed by atoms with Crippen LogP contribution in [0.15, 0.2) is 18.3 Å². The smallest absolute Gasteiger partial charge is 0.152 e. The van der Waals surface area contributed by atoms with Gasteiger partial charge in [0, 0.05) is 10.9 Å². The van der Waals surface area contributed by atoms with Gasteiger partial charge in [0.05, 0.1) is 16.7 Å². The summed E-state index contributed by atoms with van der Waals surface area (Å²) in [4.78, 5) is 10.5. The lowest BCUT2D eigenvalue weighted by Crippen LogP contribution is -1.82. The Labute approximate surface area is 73.3 Å². The maximum atomic E-state index is 10.5. The van der Waals surface area contributed by atoms with Gasteiger partial charge in [-0.1, -0.05) is 11.6 Å². The summed E-state index contributed by atoms with van der Waals surface area (Å²) in [6.45, 7) is 0. The highest BCUT2D eigenvalue weighted by molar-refractivity contribution is 6.35. The van der Waals surface area contributed by atoms with Gasteiger partial charge in [0.15, 0.2) is 6.29 Å². The lowest BCUT2D eigenvalue weighted by molar-refractivity contribution is 0.112. The summed E-state index contributed by atoms with van der Waals surface area (Å²) in [5.41, 5.74) is 1.27. The van der Waals surface area contributed by atoms with Crippen LogP contribution in [-0.4, -0.2) is 16.5 Å². The molecule has 0 aliphatic carbocycles. The fourth-order valence-electron chi connectivity index (χ4n) is 1.12. The molecule has 1 aromatic carbocycles. The van der Waals surface area contributed by atoms with E-state index in [1.165, 1.54) is 0 Å². The number of aromatic nitrogens is 2. The number of aldehydes is 1. The van der Waals surface area contributed by atoms with Gasteiger partial charge in [0.25, 0.3) is 0 Å². The Bertz CT molecular complexity index is 436. The Morgan fingerprint density at radius 3 is 3.08 bits per heavy atom. The van der Waals surface area contributed by atoms with Gasteiger partial charge in [-0.25, -0.2) is 0 Å². The van der Waals surface area contributed by atoms with Crippen LogP contribution >= 0.6 is 11.6 Å². The van der Waals surface area contributed by atoms with Crippen molar-refractivity contribution in [3.63, 3.8) is 0 Å². The molecule has 1 N–H and O–H groups in total. The van der Waals surface area contributed by atoms with Crippen LogP contribution in [-0.2, 0) is 0 Å². The van der Waals surface area contributed by atoms with E-state index in [4.69, 9.17) is 11.6 Å². The molecular formula is C8H5ClN2O. The number of benzene rings is 1. The van der Waals surface area contributed by atoms with E-state index >= 15 is 0 Å². The number of aromatic amines is 1. The van der Waals surface area contributed by atoms with Crippen molar-refractivity contribution in [3.8, 4) is 0 Å². The van der Waals surface area contributed by atoms with Gasteiger partial charge in [-0.3, -0.25) is 9.89 Å². The van der Waals surface area contributed by atoms with Gasteiger partial charge < -0.3 is 0 Å². The second-order valence-corrected chi connectivity index (χ2v) is 2.82. The molecule has 2 rings (SSSR count). The third-order valence-corrected chi connectivity index (χ3v) is 2.05. The number of nitrogens with zero attached hydrogens (tertiary/aromatic N) is 1. The van der Waals surface area contributed by atoms with Crippen LogP contribution in [0.4, 0.5) is 0 Å². The molecule has 12 heavy (non-hydrogen) atoms. The Kier molecular flexibility index (Phi) is 1.59. The zero-order valence-corrected chi connectivity index (χ0v) is 6.80. The van der Waals surface area contributed by atoms with Crippen LogP contribution in [0, 0.1) is 0 Å². The van der Waals surface area contributed by atoms with Gasteiger partial charge >= 0.3 is 0 Å². The van der Waals surface area contributed by atoms with Crippen molar-refractivity contribution in [1.29, 1.82) is 0 Å². The second-order valence-electron chi connectivity index (χ2n) is 2.41. The molecule has 4 heteroatoms. The van der Waals surface area contributed by atoms with E-state index < -0.39 is 0 Å². The van der Waals surface area contributed by atoms with Crippen LogP contribution in [0.25, 0.3) is 10.9 Å². The monoisotopic (exact) mass is 180 g/mol. The Hall–Kier alpha value is -1.35. The number of halogens is 1. The predicted molar refractivity (Wildman–Crippen MR) is 46.5 cm³/mol. The quantitative estimate of drug-likeness (QED) is 0.683. The summed E-state index contributed by atoms with van der Waals surface area (Å²) in [6, 6.07) is 3.35. The first-order valence-electron chi connectivity index (χ1n) is 3.39. The highest BCUT2D eigenvalue weighted by atomic mass is 35.5. The van der Waals surface area contributed by atoms with Crippen molar-refractivity contribution in [2.75, 3.05) is 0 Å². The van der Waals surface area contributed by atoms with Gasteiger partial charge in [-0.15, -0.1) is 0 Å². The molecule has 0 bridgehead atoms. The number of hydrogen-bond acceptors (Lipinski definition) is 2. The zero-order chi connectivity index (χ0) is 8.55. The Balaban J connectivity index is 2.91. The van der Waals surface area contributed by atoms with Crippen molar-refractivity contribution in [1.82, 2.24) is 10.2 Å². The normalized spacial score (nSPS) is 10.4. The lowest BCUT2D eigenvalue weighted by atomic mass is 10.2. The molecule has 0 saturated carbocycles. The first-order chi connectivity index (χ1) is 5.83. The van der Waals surface area contributed by atoms with E-state index in [1.807, 2.05) is 0 Å². The van der Waals surface area contributed by atoms with Crippen molar-refractivity contribution in [3.05, 3.63) is 28.9 Å². The summed E-state index contributed by atoms with van der Waals surface area (Å²) >= 11 is 5.85. The highest BCUT2D eigenvalue weighted by Gasteiger charge is 2.04. The van der Waals surface area contributed by atoms with Gasteiger partial charge in [0.2, 0.25) is 0 Å². The number of rotatable bonds is 1. The summed E-state index contributed by atoms with van der Waals surface area (Å²) in [5.74, 6) is 0. The minimum absolute atomic E-state index is 0.576. The maximum absolute atomic E-state index is 10.5. The van der Waals surface area contributed by atoms with Gasteiger partial charge in [0.1, 0.15) is 0 Å². The van der Waals surface area contributed by atoms with E-state index in [0.29, 0.717) is 16.1 Å². The van der Waals surface area contributed by atoms with E-state index in [2.05, 4.69) is 10.2 Å².